The molecule has 1 radical (unpaired) electrons. The summed E-state index contributed by atoms with van der Waals surface area (Å²) in [4.78, 5) is 70.9. The largest absolute Gasteiger partial charge is 1.00 e. The second-order valence-electron chi connectivity index (χ2n) is 14.2. The van der Waals surface area contributed by atoms with Crippen molar-refractivity contribution in [2.24, 2.45) is 5.34 Å². The van der Waals surface area contributed by atoms with Gasteiger partial charge in [-0.2, -0.15) is 0 Å². The minimum atomic E-state index is -1.75. The van der Waals surface area contributed by atoms with Crippen molar-refractivity contribution in [1.82, 2.24) is 6.15 Å². The summed E-state index contributed by atoms with van der Waals surface area (Å²) in [7, 11) is 2.77. The Balaban J connectivity index is -0.000000171. The first-order valence-corrected chi connectivity index (χ1v) is 25.8. The maximum absolute atomic E-state index is 12.6. The summed E-state index contributed by atoms with van der Waals surface area (Å²) in [6.45, 7) is 0. The topological polar surface area (TPSA) is 505 Å². The number of nitrogens with two attached hydrogens (primary N) is 1. The van der Waals surface area contributed by atoms with Crippen LogP contribution in [0, 0.1) is 102 Å². The second-order valence-corrected chi connectivity index (χ2v) is 19.7. The van der Waals surface area contributed by atoms with Crippen molar-refractivity contribution in [2.75, 3.05) is 5.73 Å². The Morgan fingerprint density at radius 3 is 0.770 bits per heavy atom. The third kappa shape index (κ3) is 57.7. The summed E-state index contributed by atoms with van der Waals surface area (Å²) >= 11 is 0. The fraction of sp³-hybridized carbons (Fsp3) is 0. The molecule has 467 valence electrons. The average Bonchev–Trinajstić information content (AvgIpc) is 3.61. The molecule has 30 nitrogen and oxygen atoms in total. The van der Waals surface area contributed by atoms with Crippen molar-refractivity contribution < 1.29 is 101 Å². The molecule has 0 aliphatic rings. The van der Waals surface area contributed by atoms with Crippen LogP contribution in [0.1, 0.15) is 0 Å². The molecule has 6 N–H and O–H groups in total. The number of nitrogens with zero attached hydrogens (tertiary/aromatic N) is 8. The molecule has 0 aliphatic carbocycles. The van der Waals surface area contributed by atoms with E-state index in [4.69, 9.17) is 77.1 Å². The van der Waals surface area contributed by atoms with E-state index in [1.54, 1.807) is 24.3 Å². The average molecular weight is 1420 g/mol. The zero-order valence-corrected chi connectivity index (χ0v) is 53.6. The number of nitro groups is 3. The quantitative estimate of drug-likeness (QED) is 0.0407. The molecule has 87 heavy (non-hydrogen) atoms. The summed E-state index contributed by atoms with van der Waals surface area (Å²) in [6.07, 6.45) is 0. The summed E-state index contributed by atoms with van der Waals surface area (Å²) in [5.41, 5.74) is 6.20. The van der Waals surface area contributed by atoms with Crippen LogP contribution >= 0.6 is 47.4 Å². The maximum Gasteiger partial charge on any atom is 1.00 e. The van der Waals surface area contributed by atoms with Crippen molar-refractivity contribution in [2.45, 2.75) is 0 Å². The number of benzene rings is 8. The molecule has 0 saturated carbocycles. The van der Waals surface area contributed by atoms with Crippen molar-refractivity contribution in [3.63, 3.8) is 0 Å². The molecule has 0 bridgehead atoms. The molecule has 4 unspecified atom stereocenters. The van der Waals surface area contributed by atoms with Crippen LogP contribution in [0.25, 0.3) is 0 Å². The molecule has 0 saturated heterocycles. The molecule has 8 aromatic rings. The van der Waals surface area contributed by atoms with Crippen LogP contribution in [0.5, 0.6) is 0 Å². The van der Waals surface area contributed by atoms with Gasteiger partial charge in [0.05, 0.1) is 87.6 Å². The van der Waals surface area contributed by atoms with E-state index in [1.165, 1.54) is 62.9 Å². The molecule has 39 heteroatoms. The molecule has 0 heterocycles. The minimum Gasteiger partial charge on any atom is -0.444 e. The van der Waals surface area contributed by atoms with Crippen molar-refractivity contribution in [3.05, 3.63) is 321 Å². The molecular formula is C48H52AgClF2N10NaO20P4. The standard InChI is InChI=1S/C12H10FP.2C12H10NO2P.C6H6N2O2.C6H7P.Ag.ClH.FH.HNO3.3NO3.HNO2.H3N.Na/c13-10-6-8-12(9-7-10)14-11-4-2-1-3-5-11;2*14-13(15)10-6-8-12(9-7-10)16-11-4-2-1-3-5-11;7-5-1-3-6(4-2-5)8(9)10;7-6-4-2-1-3-5-6;;;;4*2-1(3)4;2-1-3;;/h1-9,14H;2*1-9,16H;1-4H,7H2;1-5H,7H2;;2*1H;(H,2,3,4);;;;(H,2,3);1H3;/q;;;;;;;;;3*-1;;;+1/p+2/i13-1;;;;;;;1-1;;;;;;;. The number of nitro benzene ring substituents is 3. The smallest absolute Gasteiger partial charge is 0.444 e. The van der Waals surface area contributed by atoms with Crippen molar-refractivity contribution in [1.29, 1.82) is 0 Å². The number of hydrogen-bond donors (Lipinski definition) is 3. The first kappa shape index (κ1) is 92.3. The van der Waals surface area contributed by atoms with Gasteiger partial charge in [0.15, 0.2) is 0 Å². The van der Waals surface area contributed by atoms with E-state index >= 15 is 0 Å². The Hall–Kier alpha value is -8.47. The van der Waals surface area contributed by atoms with Gasteiger partial charge >= 0.3 is 29.6 Å². The summed E-state index contributed by atoms with van der Waals surface area (Å²) in [6, 6.07) is 66.8. The Labute approximate surface area is 543 Å². The third-order valence-electron chi connectivity index (χ3n) is 8.38. The van der Waals surface area contributed by atoms with Crippen LogP contribution in [-0.2, 0) is 22.4 Å². The molecule has 0 aromatic heterocycles. The first-order valence-electron chi connectivity index (χ1n) is 21.8. The molecule has 0 aliphatic heterocycles. The summed E-state index contributed by atoms with van der Waals surface area (Å²) in [5.74, 6) is -0.166. The Morgan fingerprint density at radius 2 is 0.586 bits per heavy atom. The number of rotatable bonds is 9. The van der Waals surface area contributed by atoms with Gasteiger partial charge in [-0.25, -0.2) is 4.39 Å². The normalized spacial score (nSPS) is 8.71. The Bertz CT molecular complexity index is 2970. The second kappa shape index (κ2) is 57.9. The number of nitrogen functional groups attached to an aromatic ring is 1. The molecule has 0 amide bonds. The molecule has 4 atom stereocenters. The van der Waals surface area contributed by atoms with Gasteiger partial charge in [-0.1, -0.05) is 84.9 Å². The van der Waals surface area contributed by atoms with E-state index in [9.17, 15) is 34.7 Å². The third-order valence-corrected chi connectivity index (χ3v) is 13.1. The van der Waals surface area contributed by atoms with Gasteiger partial charge in [-0.15, -0.1) is 37.1 Å². The molecule has 8 rings (SSSR count). The Kier molecular flexibility index (Phi) is 61.4. The van der Waals surface area contributed by atoms with Crippen LogP contribution in [0.4, 0.5) is 31.8 Å². The molecular weight excluding hydrogens is 1360 g/mol. The van der Waals surface area contributed by atoms with E-state index in [0.717, 1.165) is 15.9 Å². The SMILES string of the molecule is Cl.N.Nc1ccc([N+](=O)[O-])cc1.O=N[O-].O=[N+]([O-])O.O=[N+]([O-])[O-].O=[N+]([O-])[O-].O=[N+]([O-])[O-].O=[N+]([O-])c1ccc([PH2+]c2ccccc2)cc1.O=[N+]([O-])c1ccc([PH2+]c2ccccc2)cc1.Pc1ccccc1.[18FH].[18F]c1ccc([PH2+]c2ccccc2)cc1.[Ag].[Na+]. The van der Waals surface area contributed by atoms with Gasteiger partial charge in [-0.05, 0) is 102 Å². The van der Waals surface area contributed by atoms with Crippen LogP contribution in [-0.4, -0.2) is 40.3 Å². The van der Waals surface area contributed by atoms with Crippen LogP contribution < -0.4 is 78.6 Å². The van der Waals surface area contributed by atoms with E-state index in [2.05, 4.69) is 45.6 Å². The number of anilines is 1. The van der Waals surface area contributed by atoms with Gasteiger partial charge < -0.3 is 73.2 Å². The van der Waals surface area contributed by atoms with Gasteiger partial charge in [0, 0.05) is 64.5 Å². The van der Waals surface area contributed by atoms with Gasteiger partial charge in [0.25, 0.3) is 22.1 Å². The number of non-ortho nitro benzene ring substituents is 3. The predicted molar refractivity (Wildman–Crippen MR) is 336 cm³/mol. The van der Waals surface area contributed by atoms with Crippen LogP contribution in [0.3, 0.4) is 0 Å². The molecule has 8 aromatic carbocycles. The predicted octanol–water partition coefficient (Wildman–Crippen LogP) is 5.39. The van der Waals surface area contributed by atoms with E-state index in [-0.39, 0.29) is 134 Å². The first-order chi connectivity index (χ1) is 38.8. The van der Waals surface area contributed by atoms with E-state index in [0.29, 0.717) is 5.69 Å². The minimum absolute atomic E-state index is 0. The van der Waals surface area contributed by atoms with Crippen molar-refractivity contribution in [3.8, 4) is 0 Å². The van der Waals surface area contributed by atoms with Gasteiger partial charge in [0.1, 0.15) is 5.82 Å². The van der Waals surface area contributed by atoms with E-state index < -0.39 is 25.3 Å². The van der Waals surface area contributed by atoms with Crippen LogP contribution in [0.15, 0.2) is 224 Å². The fourth-order valence-corrected chi connectivity index (χ4v) is 8.99. The Morgan fingerprint density at radius 1 is 0.414 bits per heavy atom. The molecule has 0 fully saturated rings. The number of hydrogen-bond acceptors (Lipinski definition) is 22. The summed E-state index contributed by atoms with van der Waals surface area (Å²) < 4.78 is 12.6. The van der Waals surface area contributed by atoms with Crippen molar-refractivity contribution >= 4 is 107 Å². The zero-order valence-electron chi connectivity index (χ0n) is 44.7. The zero-order chi connectivity index (χ0) is 62.3. The fourth-order valence-electron chi connectivity index (χ4n) is 5.22. The maximum atomic E-state index is 12.6. The summed E-state index contributed by atoms with van der Waals surface area (Å²) in [5, 5.41) is 107. The van der Waals surface area contributed by atoms with Gasteiger partial charge in [-0.3, -0.25) is 35.0 Å². The molecule has 0 spiro atoms. The van der Waals surface area contributed by atoms with Crippen LogP contribution in [0.2, 0.25) is 0 Å². The van der Waals surface area contributed by atoms with E-state index in [1.807, 2.05) is 121 Å². The number of halogens is 3. The monoisotopic (exact) mass is 1410 g/mol. The van der Waals surface area contributed by atoms with Gasteiger partial charge in [0.2, 0.25) is 0 Å².